The van der Waals surface area contributed by atoms with Crippen molar-refractivity contribution in [3.05, 3.63) is 89.2 Å². The van der Waals surface area contributed by atoms with Crippen LogP contribution in [0, 0.1) is 17.5 Å². The van der Waals surface area contributed by atoms with E-state index in [0.29, 0.717) is 6.07 Å². The van der Waals surface area contributed by atoms with Gasteiger partial charge in [0, 0.05) is 16.1 Å². The number of amides is 2. The number of carbonyl (C=O) groups excluding carboxylic acids is 2. The quantitative estimate of drug-likeness (QED) is 0.328. The number of nitrogens with one attached hydrogen (secondary N) is 2. The summed E-state index contributed by atoms with van der Waals surface area (Å²) in [4.78, 5) is 24.5. The van der Waals surface area contributed by atoms with Gasteiger partial charge in [0.25, 0.3) is 5.91 Å². The molecule has 3 rings (SSSR count). The minimum absolute atomic E-state index is 0.0385. The minimum Gasteiger partial charge on any atom is -0.325 e. The molecule has 0 saturated carbocycles. The maximum atomic E-state index is 13.5. The summed E-state index contributed by atoms with van der Waals surface area (Å²) < 4.78 is 79.7. The van der Waals surface area contributed by atoms with Gasteiger partial charge < -0.3 is 10.6 Å². The lowest BCUT2D eigenvalue weighted by Gasteiger charge is -2.16. The zero-order valence-corrected chi connectivity index (χ0v) is 17.3. The number of hydrogen-bond acceptors (Lipinski definition) is 3. The van der Waals surface area contributed by atoms with E-state index in [2.05, 4.69) is 10.6 Å². The minimum atomic E-state index is -4.85. The predicted molar refractivity (Wildman–Crippen MR) is 112 cm³/mol. The summed E-state index contributed by atoms with van der Waals surface area (Å²) >= 11 is 0.811. The Balaban J connectivity index is 1.72. The largest absolute Gasteiger partial charge is 0.418 e. The highest BCUT2D eigenvalue weighted by molar-refractivity contribution is 8.00. The van der Waals surface area contributed by atoms with Gasteiger partial charge >= 0.3 is 6.18 Å². The Morgan fingerprint density at radius 2 is 1.52 bits per heavy atom. The summed E-state index contributed by atoms with van der Waals surface area (Å²) in [6.07, 6.45) is -4.85. The van der Waals surface area contributed by atoms with Crippen molar-refractivity contribution in [2.24, 2.45) is 0 Å². The number of benzene rings is 3. The lowest BCUT2D eigenvalue weighted by molar-refractivity contribution is -0.136. The van der Waals surface area contributed by atoms with Gasteiger partial charge in [-0.1, -0.05) is 0 Å². The van der Waals surface area contributed by atoms with Crippen LogP contribution in [0.25, 0.3) is 0 Å². The molecule has 0 aromatic heterocycles. The zero-order chi connectivity index (χ0) is 24.2. The molecule has 0 atom stereocenters. The van der Waals surface area contributed by atoms with Crippen LogP contribution in [0.3, 0.4) is 0 Å². The fraction of sp³-hybridized carbons (Fsp3) is 0.0909. The molecule has 0 heterocycles. The summed E-state index contributed by atoms with van der Waals surface area (Å²) in [7, 11) is 0. The van der Waals surface area contributed by atoms with E-state index in [4.69, 9.17) is 0 Å². The molecule has 2 N–H and O–H groups in total. The number of carbonyl (C=O) groups is 2. The van der Waals surface area contributed by atoms with E-state index in [0.717, 1.165) is 48.2 Å². The van der Waals surface area contributed by atoms with Gasteiger partial charge in [-0.2, -0.15) is 13.2 Å². The first-order chi connectivity index (χ1) is 15.5. The molecule has 0 saturated heterocycles. The van der Waals surface area contributed by atoms with Crippen LogP contribution in [0.5, 0.6) is 0 Å². The molecule has 0 bridgehead atoms. The smallest absolute Gasteiger partial charge is 0.325 e. The molecule has 0 fully saturated rings. The zero-order valence-electron chi connectivity index (χ0n) is 16.5. The lowest BCUT2D eigenvalue weighted by atomic mass is 10.1. The summed E-state index contributed by atoms with van der Waals surface area (Å²) in [5.41, 5.74) is -1.90. The van der Waals surface area contributed by atoms with Crippen molar-refractivity contribution in [1.29, 1.82) is 0 Å². The van der Waals surface area contributed by atoms with Crippen molar-refractivity contribution in [1.82, 2.24) is 0 Å². The Morgan fingerprint density at radius 1 is 0.818 bits per heavy atom. The van der Waals surface area contributed by atoms with Crippen LogP contribution in [-0.2, 0) is 11.0 Å². The van der Waals surface area contributed by atoms with E-state index >= 15 is 0 Å². The molecule has 172 valence electrons. The SMILES string of the molecule is O=C(CSc1ccc(F)c(F)c1)Nc1ccc(NC(=O)c2ccc(F)cc2)cc1C(F)(F)F. The summed E-state index contributed by atoms with van der Waals surface area (Å²) in [5, 5.41) is 4.41. The highest BCUT2D eigenvalue weighted by Crippen LogP contribution is 2.37. The van der Waals surface area contributed by atoms with E-state index in [1.54, 1.807) is 0 Å². The normalized spacial score (nSPS) is 11.2. The van der Waals surface area contributed by atoms with E-state index < -0.39 is 46.7 Å². The molecule has 0 aliphatic heterocycles. The fourth-order valence-electron chi connectivity index (χ4n) is 2.67. The molecule has 4 nitrogen and oxygen atoms in total. The second kappa shape index (κ2) is 9.99. The Labute approximate surface area is 188 Å². The second-order valence-corrected chi connectivity index (χ2v) is 7.68. The highest BCUT2D eigenvalue weighted by Gasteiger charge is 2.34. The highest BCUT2D eigenvalue weighted by atomic mass is 32.2. The van der Waals surface area contributed by atoms with Crippen molar-refractivity contribution < 1.29 is 35.9 Å². The standard InChI is InChI=1S/C22H14F6N2O2S/c23-13-3-1-12(2-4-13)21(32)29-14-5-8-19(16(9-14)22(26,27)28)30-20(31)11-33-15-6-7-17(24)18(25)10-15/h1-10H,11H2,(H,29,32)(H,30,31). The first kappa shape index (κ1) is 24.2. The molecule has 3 aromatic carbocycles. The number of anilines is 2. The predicted octanol–water partition coefficient (Wildman–Crippen LogP) is 6.11. The number of alkyl halides is 3. The maximum Gasteiger partial charge on any atom is 0.418 e. The van der Waals surface area contributed by atoms with Gasteiger partial charge in [-0.3, -0.25) is 9.59 Å². The van der Waals surface area contributed by atoms with Crippen LogP contribution in [-0.4, -0.2) is 17.6 Å². The number of halogens is 6. The van der Waals surface area contributed by atoms with Crippen LogP contribution in [0.1, 0.15) is 15.9 Å². The van der Waals surface area contributed by atoms with Gasteiger partial charge in [-0.05, 0) is 60.7 Å². The summed E-state index contributed by atoms with van der Waals surface area (Å²) in [6.45, 7) is 0. The van der Waals surface area contributed by atoms with E-state index in [9.17, 15) is 35.9 Å². The number of rotatable bonds is 6. The van der Waals surface area contributed by atoms with Gasteiger partial charge in [-0.25, -0.2) is 13.2 Å². The van der Waals surface area contributed by atoms with Crippen molar-refractivity contribution in [2.45, 2.75) is 11.1 Å². The third-order valence-electron chi connectivity index (χ3n) is 4.22. The van der Waals surface area contributed by atoms with Crippen LogP contribution >= 0.6 is 11.8 Å². The molecule has 0 aliphatic carbocycles. The van der Waals surface area contributed by atoms with Gasteiger partial charge in [-0.15, -0.1) is 11.8 Å². The number of hydrogen-bond donors (Lipinski definition) is 2. The summed E-state index contributed by atoms with van der Waals surface area (Å²) in [6, 6.07) is 10.2. The van der Waals surface area contributed by atoms with Gasteiger partial charge in [0.2, 0.25) is 5.91 Å². The molecular weight excluding hydrogens is 470 g/mol. The molecular formula is C22H14F6N2O2S. The third-order valence-corrected chi connectivity index (χ3v) is 5.22. The topological polar surface area (TPSA) is 58.2 Å². The molecule has 0 unspecified atom stereocenters. The average Bonchev–Trinajstić information content (AvgIpc) is 2.75. The first-order valence-electron chi connectivity index (χ1n) is 9.19. The lowest BCUT2D eigenvalue weighted by Crippen LogP contribution is -2.19. The monoisotopic (exact) mass is 484 g/mol. The Morgan fingerprint density at radius 3 is 2.15 bits per heavy atom. The first-order valence-corrected chi connectivity index (χ1v) is 10.2. The van der Waals surface area contributed by atoms with Gasteiger partial charge in [0.05, 0.1) is 17.0 Å². The second-order valence-electron chi connectivity index (χ2n) is 6.63. The molecule has 0 radical (unpaired) electrons. The molecule has 33 heavy (non-hydrogen) atoms. The molecule has 0 spiro atoms. The Kier molecular flexibility index (Phi) is 7.32. The van der Waals surface area contributed by atoms with Crippen LogP contribution in [0.15, 0.2) is 65.6 Å². The summed E-state index contributed by atoms with van der Waals surface area (Å²) in [5.74, 6) is -4.66. The van der Waals surface area contributed by atoms with E-state index in [1.165, 1.54) is 18.2 Å². The van der Waals surface area contributed by atoms with Crippen LogP contribution in [0.4, 0.5) is 37.7 Å². The van der Waals surface area contributed by atoms with E-state index in [1.807, 2.05) is 0 Å². The molecule has 0 aliphatic rings. The van der Waals surface area contributed by atoms with E-state index in [-0.39, 0.29) is 21.9 Å². The fourth-order valence-corrected chi connectivity index (χ4v) is 3.39. The van der Waals surface area contributed by atoms with Gasteiger partial charge in [0.15, 0.2) is 11.6 Å². The van der Waals surface area contributed by atoms with Crippen molar-refractivity contribution >= 4 is 35.0 Å². The van der Waals surface area contributed by atoms with Crippen LogP contribution in [0.2, 0.25) is 0 Å². The Hall–Kier alpha value is -3.47. The average molecular weight is 484 g/mol. The van der Waals surface area contributed by atoms with Crippen molar-refractivity contribution in [3.63, 3.8) is 0 Å². The number of thioether (sulfide) groups is 1. The van der Waals surface area contributed by atoms with Crippen molar-refractivity contribution in [2.75, 3.05) is 16.4 Å². The molecule has 11 heteroatoms. The molecule has 3 aromatic rings. The van der Waals surface area contributed by atoms with Crippen LogP contribution < -0.4 is 10.6 Å². The van der Waals surface area contributed by atoms with Gasteiger partial charge in [0.1, 0.15) is 5.82 Å². The Bertz CT molecular complexity index is 1180. The maximum absolute atomic E-state index is 13.5. The van der Waals surface area contributed by atoms with Crippen molar-refractivity contribution in [3.8, 4) is 0 Å². The molecule has 2 amide bonds. The third kappa shape index (κ3) is 6.51.